The maximum atomic E-state index is 12.5. The Hall–Kier alpha value is 1.35. The van der Waals surface area contributed by atoms with Crippen molar-refractivity contribution in [1.82, 2.24) is 4.90 Å². The largest absolute Gasteiger partial charge is 0.323 e. The Balaban J connectivity index is 4.20. The monoisotopic (exact) mass is 341 g/mol. The molecule has 0 aromatic heterocycles. The summed E-state index contributed by atoms with van der Waals surface area (Å²) < 4.78 is 12.5. The van der Waals surface area contributed by atoms with Gasteiger partial charge in [0.2, 0.25) is 0 Å². The highest BCUT2D eigenvalue weighted by Crippen LogP contribution is 2.45. The highest BCUT2D eigenvalue weighted by atomic mass is 35.5. The lowest BCUT2D eigenvalue weighted by atomic mass is 10.5. The van der Waals surface area contributed by atoms with Crippen LogP contribution in [0.3, 0.4) is 0 Å². The molecule has 0 N–H and O–H groups in total. The average Bonchev–Trinajstić information content (AvgIpc) is 2.27. The van der Waals surface area contributed by atoms with Gasteiger partial charge >= 0.3 is 0 Å². The third kappa shape index (κ3) is 8.97. The molecule has 0 saturated heterocycles. The number of alkyl halides is 4. The molecule has 0 heterocycles. The van der Waals surface area contributed by atoms with Crippen LogP contribution in [0, 0.1) is 0 Å². The lowest BCUT2D eigenvalue weighted by Crippen LogP contribution is -2.31. The molecule has 0 aromatic carbocycles. The van der Waals surface area contributed by atoms with E-state index in [2.05, 4.69) is 4.90 Å². The molecule has 0 saturated carbocycles. The molecule has 0 aliphatic carbocycles. The number of nitrogens with zero attached hydrogens (tertiary/aromatic N) is 1. The topological polar surface area (TPSA) is 20.3 Å². The second-order valence-corrected chi connectivity index (χ2v) is 8.80. The van der Waals surface area contributed by atoms with Crippen LogP contribution < -0.4 is 0 Å². The van der Waals surface area contributed by atoms with Gasteiger partial charge in [0.1, 0.15) is 0 Å². The summed E-state index contributed by atoms with van der Waals surface area (Å²) in [4.78, 5) is 2.13. The van der Waals surface area contributed by atoms with E-state index in [0.29, 0.717) is 42.0 Å². The lowest BCUT2D eigenvalue weighted by molar-refractivity contribution is 0.325. The van der Waals surface area contributed by atoms with Gasteiger partial charge in [0, 0.05) is 61.6 Å². The fourth-order valence-electron chi connectivity index (χ4n) is 1.54. The summed E-state index contributed by atoms with van der Waals surface area (Å²) >= 11 is 22.8. The van der Waals surface area contributed by atoms with Crippen molar-refractivity contribution in [1.29, 1.82) is 0 Å². The van der Waals surface area contributed by atoms with E-state index in [1.165, 1.54) is 0 Å². The molecular formula is C10H20Cl4NOP. The number of hydrogen-bond acceptors (Lipinski definition) is 2. The molecule has 0 spiro atoms. The molecule has 0 fully saturated rings. The van der Waals surface area contributed by atoms with Gasteiger partial charge in [-0.1, -0.05) is 0 Å². The van der Waals surface area contributed by atoms with Gasteiger partial charge in [-0.2, -0.15) is 0 Å². The normalized spacial score (nSPS) is 12.3. The van der Waals surface area contributed by atoms with Crippen molar-refractivity contribution in [3.63, 3.8) is 0 Å². The van der Waals surface area contributed by atoms with E-state index in [-0.39, 0.29) is 0 Å². The van der Waals surface area contributed by atoms with Gasteiger partial charge in [0.05, 0.1) is 7.14 Å². The highest BCUT2D eigenvalue weighted by Gasteiger charge is 2.21. The fraction of sp³-hybridized carbons (Fsp3) is 1.00. The molecule has 0 aliphatic rings. The molecule has 7 heteroatoms. The Morgan fingerprint density at radius 1 is 0.706 bits per heavy atom. The zero-order valence-electron chi connectivity index (χ0n) is 9.89. The number of rotatable bonds is 11. The first-order chi connectivity index (χ1) is 8.11. The number of hydrogen-bond donors (Lipinski definition) is 0. The molecule has 0 atom stereocenters. The maximum absolute atomic E-state index is 12.5. The van der Waals surface area contributed by atoms with Gasteiger partial charge in [-0.05, 0) is 0 Å². The first-order valence-electron chi connectivity index (χ1n) is 5.65. The first kappa shape index (κ1) is 18.4. The third-order valence-corrected chi connectivity index (χ3v) is 6.94. The Bertz CT molecular complexity index is 214. The van der Waals surface area contributed by atoms with Crippen molar-refractivity contribution in [3.8, 4) is 0 Å². The minimum atomic E-state index is -2.21. The molecule has 2 nitrogen and oxygen atoms in total. The Kier molecular flexibility index (Phi) is 12.1. The summed E-state index contributed by atoms with van der Waals surface area (Å²) in [6.45, 7) is 2.30. The van der Waals surface area contributed by atoms with Crippen molar-refractivity contribution >= 4 is 53.5 Å². The van der Waals surface area contributed by atoms with Crippen LogP contribution in [0.4, 0.5) is 0 Å². The minimum absolute atomic E-state index is 0.430. The number of halogens is 4. The van der Waals surface area contributed by atoms with Crippen LogP contribution in [-0.2, 0) is 4.57 Å². The van der Waals surface area contributed by atoms with Gasteiger partial charge in [-0.3, -0.25) is 0 Å². The van der Waals surface area contributed by atoms with Gasteiger partial charge in [0.15, 0.2) is 0 Å². The third-order valence-electron chi connectivity index (χ3n) is 2.61. The van der Waals surface area contributed by atoms with Gasteiger partial charge < -0.3 is 9.46 Å². The lowest BCUT2D eigenvalue weighted by Gasteiger charge is -2.23. The van der Waals surface area contributed by atoms with Crippen LogP contribution in [0.15, 0.2) is 0 Å². The SMILES string of the molecule is O=P(CCCl)(CCCl)CCN(CCCl)CCCl. The highest BCUT2D eigenvalue weighted by molar-refractivity contribution is 7.64. The molecular weight excluding hydrogens is 323 g/mol. The van der Waals surface area contributed by atoms with E-state index in [1.54, 1.807) is 0 Å². The van der Waals surface area contributed by atoms with Crippen molar-refractivity contribution < 1.29 is 4.57 Å². The molecule has 0 rings (SSSR count). The fourth-order valence-corrected chi connectivity index (χ4v) is 5.80. The molecule has 0 aromatic rings. The quantitative estimate of drug-likeness (QED) is 0.422. The zero-order chi connectivity index (χ0) is 13.1. The average molecular weight is 343 g/mol. The molecule has 0 radical (unpaired) electrons. The van der Waals surface area contributed by atoms with E-state index in [4.69, 9.17) is 46.4 Å². The Morgan fingerprint density at radius 3 is 1.53 bits per heavy atom. The summed E-state index contributed by atoms with van der Waals surface area (Å²) in [6.07, 6.45) is 1.79. The summed E-state index contributed by atoms with van der Waals surface area (Å²) in [7, 11) is -2.21. The zero-order valence-corrected chi connectivity index (χ0v) is 13.8. The summed E-state index contributed by atoms with van der Waals surface area (Å²) in [6, 6.07) is 0. The standard InChI is InChI=1S/C10H20Cl4NOP/c11-1-5-15(6-2-12)7-10-17(16,8-3-13)9-4-14/h1-10H2. The van der Waals surface area contributed by atoms with E-state index < -0.39 is 7.14 Å². The van der Waals surface area contributed by atoms with Crippen LogP contribution in [0.5, 0.6) is 0 Å². The predicted molar refractivity (Wildman–Crippen MR) is 81.5 cm³/mol. The van der Waals surface area contributed by atoms with Crippen LogP contribution in [0.25, 0.3) is 0 Å². The van der Waals surface area contributed by atoms with Gasteiger partial charge in [-0.25, -0.2) is 0 Å². The van der Waals surface area contributed by atoms with Gasteiger partial charge in [-0.15, -0.1) is 46.4 Å². The molecule has 0 amide bonds. The van der Waals surface area contributed by atoms with E-state index in [1.807, 2.05) is 0 Å². The van der Waals surface area contributed by atoms with Crippen molar-refractivity contribution in [3.05, 3.63) is 0 Å². The van der Waals surface area contributed by atoms with E-state index in [9.17, 15) is 4.57 Å². The van der Waals surface area contributed by atoms with Crippen molar-refractivity contribution in [2.75, 3.05) is 61.6 Å². The van der Waals surface area contributed by atoms with Crippen molar-refractivity contribution in [2.45, 2.75) is 0 Å². The second-order valence-electron chi connectivity index (χ2n) is 3.83. The molecule has 0 aliphatic heterocycles. The molecule has 17 heavy (non-hydrogen) atoms. The van der Waals surface area contributed by atoms with E-state index in [0.717, 1.165) is 19.6 Å². The Morgan fingerprint density at radius 2 is 1.18 bits per heavy atom. The van der Waals surface area contributed by atoms with E-state index >= 15 is 0 Å². The van der Waals surface area contributed by atoms with Gasteiger partial charge in [0.25, 0.3) is 0 Å². The van der Waals surface area contributed by atoms with Crippen LogP contribution >= 0.6 is 53.5 Å². The molecule has 0 bridgehead atoms. The smallest absolute Gasteiger partial charge is 0.0913 e. The Labute approximate surface area is 124 Å². The van der Waals surface area contributed by atoms with Crippen LogP contribution in [-0.4, -0.2) is 66.5 Å². The van der Waals surface area contributed by atoms with Crippen LogP contribution in [0.2, 0.25) is 0 Å². The second kappa shape index (κ2) is 11.2. The molecule has 104 valence electrons. The van der Waals surface area contributed by atoms with Crippen molar-refractivity contribution in [2.24, 2.45) is 0 Å². The summed E-state index contributed by atoms with van der Waals surface area (Å²) in [5.41, 5.74) is 0. The first-order valence-corrected chi connectivity index (χ1v) is 10.0. The summed E-state index contributed by atoms with van der Waals surface area (Å²) in [5.74, 6) is 1.98. The summed E-state index contributed by atoms with van der Waals surface area (Å²) in [5, 5.41) is 0. The predicted octanol–water partition coefficient (Wildman–Crippen LogP) is 3.61. The van der Waals surface area contributed by atoms with Crippen LogP contribution in [0.1, 0.15) is 0 Å². The minimum Gasteiger partial charge on any atom is -0.323 e. The maximum Gasteiger partial charge on any atom is 0.0913 e. The molecule has 0 unspecified atom stereocenters.